The van der Waals surface area contributed by atoms with Crippen LogP contribution in [0.3, 0.4) is 0 Å². The number of nitrogens with zero attached hydrogens (tertiary/aromatic N) is 1. The highest BCUT2D eigenvalue weighted by molar-refractivity contribution is 7.98. The molecule has 1 N–H and O–H groups in total. The zero-order valence-electron chi connectivity index (χ0n) is 12.5. The maximum atomic E-state index is 12.2. The lowest BCUT2D eigenvalue weighted by molar-refractivity contribution is -0.129. The highest BCUT2D eigenvalue weighted by atomic mass is 32.2. The SMILES string of the molecule is C=CCOc1ccc(C2NC(C)C(=O)N2CCSC)cc1. The number of amides is 1. The highest BCUT2D eigenvalue weighted by Crippen LogP contribution is 2.27. The summed E-state index contributed by atoms with van der Waals surface area (Å²) in [4.78, 5) is 14.1. The maximum Gasteiger partial charge on any atom is 0.241 e. The van der Waals surface area contributed by atoms with Gasteiger partial charge in [0.1, 0.15) is 18.5 Å². The van der Waals surface area contributed by atoms with Crippen LogP contribution in [0.1, 0.15) is 18.7 Å². The van der Waals surface area contributed by atoms with E-state index in [0.717, 1.165) is 23.6 Å². The van der Waals surface area contributed by atoms with Gasteiger partial charge in [-0.1, -0.05) is 24.8 Å². The van der Waals surface area contributed by atoms with Crippen molar-refractivity contribution >= 4 is 17.7 Å². The van der Waals surface area contributed by atoms with Gasteiger partial charge >= 0.3 is 0 Å². The van der Waals surface area contributed by atoms with E-state index in [9.17, 15) is 4.79 Å². The van der Waals surface area contributed by atoms with Crippen LogP contribution in [0.25, 0.3) is 0 Å². The van der Waals surface area contributed by atoms with E-state index in [4.69, 9.17) is 4.74 Å². The van der Waals surface area contributed by atoms with Crippen molar-refractivity contribution in [3.63, 3.8) is 0 Å². The van der Waals surface area contributed by atoms with Gasteiger partial charge in [0.2, 0.25) is 5.91 Å². The van der Waals surface area contributed by atoms with Crippen molar-refractivity contribution < 1.29 is 9.53 Å². The molecule has 0 radical (unpaired) electrons. The third-order valence-corrected chi connectivity index (χ3v) is 4.06. The standard InChI is InChI=1S/C16H22N2O2S/c1-4-10-20-14-7-5-13(6-8-14)15-17-12(2)16(19)18(15)9-11-21-3/h4-8,12,15,17H,1,9-11H2,2-3H3. The van der Waals surface area contributed by atoms with E-state index in [0.29, 0.717) is 6.61 Å². The molecule has 0 aromatic heterocycles. The summed E-state index contributed by atoms with van der Waals surface area (Å²) in [7, 11) is 0. The van der Waals surface area contributed by atoms with Crippen molar-refractivity contribution in [2.75, 3.05) is 25.2 Å². The Balaban J connectivity index is 2.11. The first kappa shape index (κ1) is 15.9. The molecule has 1 aliphatic rings. The summed E-state index contributed by atoms with van der Waals surface area (Å²) in [6.45, 7) is 6.80. The summed E-state index contributed by atoms with van der Waals surface area (Å²) in [5.74, 6) is 1.92. The molecule has 0 saturated carbocycles. The first-order valence-corrected chi connectivity index (χ1v) is 8.46. The third-order valence-electron chi connectivity index (χ3n) is 3.47. The van der Waals surface area contributed by atoms with Gasteiger partial charge in [0.05, 0.1) is 6.04 Å². The topological polar surface area (TPSA) is 41.6 Å². The Morgan fingerprint density at radius 2 is 2.14 bits per heavy atom. The minimum Gasteiger partial charge on any atom is -0.490 e. The molecule has 2 rings (SSSR count). The number of carbonyl (C=O) groups is 1. The molecule has 5 heteroatoms. The molecule has 114 valence electrons. The van der Waals surface area contributed by atoms with Crippen LogP contribution in [-0.2, 0) is 4.79 Å². The molecule has 21 heavy (non-hydrogen) atoms. The first-order valence-electron chi connectivity index (χ1n) is 7.06. The summed E-state index contributed by atoms with van der Waals surface area (Å²) >= 11 is 1.75. The molecule has 1 saturated heterocycles. The molecule has 1 aromatic carbocycles. The van der Waals surface area contributed by atoms with E-state index in [1.165, 1.54) is 0 Å². The number of rotatable bonds is 7. The van der Waals surface area contributed by atoms with Crippen LogP contribution in [0.2, 0.25) is 0 Å². The summed E-state index contributed by atoms with van der Waals surface area (Å²) < 4.78 is 5.48. The number of hydrogen-bond acceptors (Lipinski definition) is 4. The lowest BCUT2D eigenvalue weighted by atomic mass is 10.1. The number of carbonyl (C=O) groups excluding carboxylic acids is 1. The smallest absolute Gasteiger partial charge is 0.241 e. The molecule has 4 nitrogen and oxygen atoms in total. The number of hydrogen-bond donors (Lipinski definition) is 1. The van der Waals surface area contributed by atoms with Gasteiger partial charge in [0.15, 0.2) is 0 Å². The van der Waals surface area contributed by atoms with E-state index in [2.05, 4.69) is 18.2 Å². The largest absolute Gasteiger partial charge is 0.490 e. The van der Waals surface area contributed by atoms with Crippen LogP contribution in [-0.4, -0.2) is 42.0 Å². The number of nitrogens with one attached hydrogen (secondary N) is 1. The number of thioether (sulfide) groups is 1. The minimum atomic E-state index is -0.131. The second-order valence-corrected chi connectivity index (χ2v) is 5.97. The Kier molecular flexibility index (Phi) is 5.70. The predicted octanol–water partition coefficient (Wildman–Crippen LogP) is 2.43. The van der Waals surface area contributed by atoms with E-state index in [-0.39, 0.29) is 18.1 Å². The van der Waals surface area contributed by atoms with Crippen molar-refractivity contribution in [1.82, 2.24) is 10.2 Å². The van der Waals surface area contributed by atoms with Crippen LogP contribution in [0, 0.1) is 0 Å². The average Bonchev–Trinajstić information content (AvgIpc) is 2.79. The fraction of sp³-hybridized carbons (Fsp3) is 0.438. The molecule has 1 amide bonds. The molecule has 1 fully saturated rings. The van der Waals surface area contributed by atoms with Gasteiger partial charge in [0, 0.05) is 12.3 Å². The van der Waals surface area contributed by atoms with Gasteiger partial charge in [-0.25, -0.2) is 0 Å². The van der Waals surface area contributed by atoms with Gasteiger partial charge < -0.3 is 9.64 Å². The molecule has 1 aromatic rings. The maximum absolute atomic E-state index is 12.2. The van der Waals surface area contributed by atoms with E-state index in [1.54, 1.807) is 17.8 Å². The lowest BCUT2D eigenvalue weighted by Crippen LogP contribution is -2.32. The minimum absolute atomic E-state index is 0.0481. The van der Waals surface area contributed by atoms with Crippen LogP contribution >= 0.6 is 11.8 Å². The summed E-state index contributed by atoms with van der Waals surface area (Å²) in [6.07, 6.45) is 3.72. The summed E-state index contributed by atoms with van der Waals surface area (Å²) in [5.41, 5.74) is 1.08. The second kappa shape index (κ2) is 7.52. The van der Waals surface area contributed by atoms with Crippen LogP contribution < -0.4 is 10.1 Å². The van der Waals surface area contributed by atoms with Gasteiger partial charge in [-0.15, -0.1) is 0 Å². The van der Waals surface area contributed by atoms with Gasteiger partial charge in [-0.2, -0.15) is 11.8 Å². The Hall–Kier alpha value is -1.46. The average molecular weight is 306 g/mol. The van der Waals surface area contributed by atoms with E-state index >= 15 is 0 Å². The zero-order chi connectivity index (χ0) is 15.2. The second-order valence-electron chi connectivity index (χ2n) is 4.98. The Morgan fingerprint density at radius 1 is 1.43 bits per heavy atom. The van der Waals surface area contributed by atoms with Crippen molar-refractivity contribution in [2.24, 2.45) is 0 Å². The highest BCUT2D eigenvalue weighted by Gasteiger charge is 2.36. The lowest BCUT2D eigenvalue weighted by Gasteiger charge is -2.24. The Labute approximate surface area is 130 Å². The number of benzene rings is 1. The molecule has 0 aliphatic carbocycles. The fourth-order valence-electron chi connectivity index (χ4n) is 2.38. The molecular weight excluding hydrogens is 284 g/mol. The zero-order valence-corrected chi connectivity index (χ0v) is 13.4. The molecule has 0 bridgehead atoms. The number of ether oxygens (including phenoxy) is 1. The fourth-order valence-corrected chi connectivity index (χ4v) is 2.76. The summed E-state index contributed by atoms with van der Waals surface area (Å²) in [6, 6.07) is 7.75. The van der Waals surface area contributed by atoms with Gasteiger partial charge in [-0.3, -0.25) is 10.1 Å². The predicted molar refractivity (Wildman–Crippen MR) is 87.6 cm³/mol. The van der Waals surface area contributed by atoms with Crippen LogP contribution in [0.4, 0.5) is 0 Å². The Morgan fingerprint density at radius 3 is 2.76 bits per heavy atom. The molecular formula is C16H22N2O2S. The molecule has 1 heterocycles. The molecule has 2 atom stereocenters. The normalized spacial score (nSPS) is 21.6. The van der Waals surface area contributed by atoms with Gasteiger partial charge in [0.25, 0.3) is 0 Å². The molecule has 0 spiro atoms. The van der Waals surface area contributed by atoms with Crippen molar-refractivity contribution in [3.05, 3.63) is 42.5 Å². The van der Waals surface area contributed by atoms with Crippen LogP contribution in [0.5, 0.6) is 5.75 Å². The molecule has 1 aliphatic heterocycles. The quantitative estimate of drug-likeness (QED) is 0.786. The van der Waals surface area contributed by atoms with Gasteiger partial charge in [-0.05, 0) is 30.9 Å². The van der Waals surface area contributed by atoms with Crippen molar-refractivity contribution in [2.45, 2.75) is 19.1 Å². The van der Waals surface area contributed by atoms with Crippen molar-refractivity contribution in [1.29, 1.82) is 0 Å². The van der Waals surface area contributed by atoms with Crippen molar-refractivity contribution in [3.8, 4) is 5.75 Å². The first-order chi connectivity index (χ1) is 10.2. The summed E-state index contributed by atoms with van der Waals surface area (Å²) in [5, 5.41) is 3.35. The van der Waals surface area contributed by atoms with Crippen LogP contribution in [0.15, 0.2) is 36.9 Å². The molecule has 2 unspecified atom stereocenters. The van der Waals surface area contributed by atoms with E-state index < -0.39 is 0 Å². The van der Waals surface area contributed by atoms with E-state index in [1.807, 2.05) is 36.1 Å². The Bertz CT molecular complexity index is 490. The monoisotopic (exact) mass is 306 g/mol. The third kappa shape index (κ3) is 3.80.